The second-order valence-electron chi connectivity index (χ2n) is 4.84. The summed E-state index contributed by atoms with van der Waals surface area (Å²) in [5.74, 6) is -1.99. The second kappa shape index (κ2) is 9.75. The van der Waals surface area contributed by atoms with Crippen molar-refractivity contribution < 1.29 is 30.0 Å². The highest BCUT2D eigenvalue weighted by Crippen LogP contribution is 2.36. The number of rotatable bonds is 12. The molecule has 0 aliphatic carbocycles. The molecule has 0 aliphatic heterocycles. The topological polar surface area (TPSA) is 115 Å². The maximum absolute atomic E-state index is 11.5. The fraction of sp³-hybridized carbons (Fsp3) is 0.846. The molecule has 0 aromatic carbocycles. The average molecular weight is 276 g/mol. The zero-order valence-corrected chi connectivity index (χ0v) is 11.2. The lowest BCUT2D eigenvalue weighted by molar-refractivity contribution is -0.151. The van der Waals surface area contributed by atoms with Gasteiger partial charge in [0.25, 0.3) is 0 Å². The molecule has 0 unspecified atom stereocenters. The smallest absolute Gasteiger partial charge is 0.309 e. The van der Waals surface area contributed by atoms with Gasteiger partial charge in [0.2, 0.25) is 0 Å². The third-order valence-corrected chi connectivity index (χ3v) is 3.40. The van der Waals surface area contributed by atoms with Crippen molar-refractivity contribution in [3.8, 4) is 0 Å². The van der Waals surface area contributed by atoms with E-state index in [1.54, 1.807) is 0 Å². The molecule has 0 aromatic heterocycles. The van der Waals surface area contributed by atoms with Crippen LogP contribution in [0.2, 0.25) is 0 Å². The summed E-state index contributed by atoms with van der Waals surface area (Å²) < 4.78 is 0. The summed E-state index contributed by atoms with van der Waals surface area (Å²) in [5.41, 5.74) is -1.05. The Hall–Kier alpha value is -1.14. The highest BCUT2D eigenvalue weighted by molar-refractivity contribution is 5.76. The van der Waals surface area contributed by atoms with Crippen molar-refractivity contribution in [2.45, 2.75) is 51.4 Å². The van der Waals surface area contributed by atoms with Gasteiger partial charge in [0, 0.05) is 19.6 Å². The van der Waals surface area contributed by atoms with Gasteiger partial charge in [-0.3, -0.25) is 9.59 Å². The minimum absolute atomic E-state index is 0.00523. The molecule has 0 bridgehead atoms. The molecule has 6 nitrogen and oxygen atoms in total. The molecule has 112 valence electrons. The van der Waals surface area contributed by atoms with Crippen molar-refractivity contribution >= 4 is 11.9 Å². The molecule has 0 saturated carbocycles. The number of hydrogen-bond donors (Lipinski definition) is 4. The molecule has 6 heteroatoms. The molecule has 0 radical (unpaired) electrons. The van der Waals surface area contributed by atoms with Crippen molar-refractivity contribution in [2.24, 2.45) is 5.41 Å². The molecule has 19 heavy (non-hydrogen) atoms. The number of carboxylic acids is 2. The lowest BCUT2D eigenvalue weighted by atomic mass is 9.74. The van der Waals surface area contributed by atoms with Crippen LogP contribution in [0.4, 0.5) is 0 Å². The van der Waals surface area contributed by atoms with Gasteiger partial charge in [0.05, 0.1) is 5.41 Å². The van der Waals surface area contributed by atoms with Gasteiger partial charge in [-0.05, 0) is 32.1 Å². The van der Waals surface area contributed by atoms with Crippen LogP contribution in [-0.2, 0) is 9.59 Å². The highest BCUT2D eigenvalue weighted by atomic mass is 16.4. The van der Waals surface area contributed by atoms with Crippen LogP contribution in [0.3, 0.4) is 0 Å². The Morgan fingerprint density at radius 3 is 1.58 bits per heavy atom. The van der Waals surface area contributed by atoms with E-state index in [1.807, 2.05) is 0 Å². The van der Waals surface area contributed by atoms with Gasteiger partial charge >= 0.3 is 11.9 Å². The summed E-state index contributed by atoms with van der Waals surface area (Å²) >= 11 is 0. The van der Waals surface area contributed by atoms with E-state index in [0.717, 1.165) is 0 Å². The standard InChI is InChI=1S/C13H24O6/c14-9-3-1-6-13(12(18)19,7-2-4-10-15)8-5-11(16)17/h14-15H,1-10H2,(H,16,17)(H,18,19). The van der Waals surface area contributed by atoms with Gasteiger partial charge < -0.3 is 20.4 Å². The molecule has 0 fully saturated rings. The molecular formula is C13H24O6. The van der Waals surface area contributed by atoms with Crippen molar-refractivity contribution in [1.29, 1.82) is 0 Å². The molecular weight excluding hydrogens is 252 g/mol. The van der Waals surface area contributed by atoms with Crippen molar-refractivity contribution in [3.05, 3.63) is 0 Å². The van der Waals surface area contributed by atoms with Gasteiger partial charge in [-0.2, -0.15) is 0 Å². The minimum atomic E-state index is -1.05. The Kier molecular flexibility index (Phi) is 9.16. The number of hydrogen-bond acceptors (Lipinski definition) is 4. The van der Waals surface area contributed by atoms with Gasteiger partial charge in [-0.1, -0.05) is 12.8 Å². The second-order valence-corrected chi connectivity index (χ2v) is 4.84. The number of aliphatic carboxylic acids is 2. The van der Waals surface area contributed by atoms with Gasteiger partial charge in [0.1, 0.15) is 0 Å². The Labute approximate surface area is 113 Å². The van der Waals surface area contributed by atoms with Crippen LogP contribution in [-0.4, -0.2) is 45.6 Å². The summed E-state index contributed by atoms with van der Waals surface area (Å²) in [7, 11) is 0. The molecule has 0 heterocycles. The Bertz CT molecular complexity index is 266. The van der Waals surface area contributed by atoms with Crippen LogP contribution >= 0.6 is 0 Å². The van der Waals surface area contributed by atoms with Gasteiger partial charge in [-0.15, -0.1) is 0 Å². The molecule has 0 aliphatic rings. The highest BCUT2D eigenvalue weighted by Gasteiger charge is 2.37. The molecule has 0 atom stereocenters. The van der Waals surface area contributed by atoms with Crippen LogP contribution in [0.5, 0.6) is 0 Å². The first-order valence-corrected chi connectivity index (χ1v) is 6.65. The van der Waals surface area contributed by atoms with E-state index in [0.29, 0.717) is 38.5 Å². The third-order valence-electron chi connectivity index (χ3n) is 3.40. The van der Waals surface area contributed by atoms with E-state index >= 15 is 0 Å². The third kappa shape index (κ3) is 7.12. The predicted octanol–water partition coefficient (Wildman–Crippen LogP) is 1.25. The summed E-state index contributed by atoms with van der Waals surface area (Å²) in [6.07, 6.45) is 2.79. The van der Waals surface area contributed by atoms with E-state index < -0.39 is 17.4 Å². The van der Waals surface area contributed by atoms with E-state index in [9.17, 15) is 14.7 Å². The maximum atomic E-state index is 11.5. The summed E-state index contributed by atoms with van der Waals surface area (Å²) in [6.45, 7) is 0.0105. The van der Waals surface area contributed by atoms with Crippen LogP contribution in [0, 0.1) is 5.41 Å². The van der Waals surface area contributed by atoms with Crippen LogP contribution in [0.1, 0.15) is 51.4 Å². The SMILES string of the molecule is O=C(O)CCC(CCCCO)(CCCCO)C(=O)O. The lowest BCUT2D eigenvalue weighted by Gasteiger charge is -2.29. The van der Waals surface area contributed by atoms with Crippen LogP contribution < -0.4 is 0 Å². The zero-order valence-electron chi connectivity index (χ0n) is 11.2. The van der Waals surface area contributed by atoms with Crippen LogP contribution in [0.25, 0.3) is 0 Å². The number of unbranched alkanes of at least 4 members (excludes halogenated alkanes) is 2. The summed E-state index contributed by atoms with van der Waals surface area (Å²) in [4.78, 5) is 22.2. The number of aliphatic hydroxyl groups excluding tert-OH is 2. The average Bonchev–Trinajstić information content (AvgIpc) is 2.35. The molecule has 0 spiro atoms. The molecule has 0 aromatic rings. The van der Waals surface area contributed by atoms with Crippen molar-refractivity contribution in [2.75, 3.05) is 13.2 Å². The maximum Gasteiger partial charge on any atom is 0.309 e. The normalized spacial score (nSPS) is 11.5. The fourth-order valence-electron chi connectivity index (χ4n) is 2.19. The van der Waals surface area contributed by atoms with Crippen molar-refractivity contribution in [1.82, 2.24) is 0 Å². The first-order valence-electron chi connectivity index (χ1n) is 6.65. The Morgan fingerprint density at radius 2 is 1.26 bits per heavy atom. The Morgan fingerprint density at radius 1 is 0.789 bits per heavy atom. The van der Waals surface area contributed by atoms with E-state index in [4.69, 9.17) is 15.3 Å². The molecule has 0 amide bonds. The molecule has 0 saturated heterocycles. The zero-order chi connectivity index (χ0) is 14.7. The monoisotopic (exact) mass is 276 g/mol. The minimum Gasteiger partial charge on any atom is -0.481 e. The first kappa shape index (κ1) is 17.9. The molecule has 0 rings (SSSR count). The Balaban J connectivity index is 4.66. The van der Waals surface area contributed by atoms with E-state index in [-0.39, 0.29) is 26.1 Å². The number of carbonyl (C=O) groups is 2. The van der Waals surface area contributed by atoms with Gasteiger partial charge in [-0.25, -0.2) is 0 Å². The number of aliphatic hydroxyl groups is 2. The fourth-order valence-corrected chi connectivity index (χ4v) is 2.19. The van der Waals surface area contributed by atoms with E-state index in [1.165, 1.54) is 0 Å². The van der Waals surface area contributed by atoms with E-state index in [2.05, 4.69) is 0 Å². The van der Waals surface area contributed by atoms with Crippen LogP contribution in [0.15, 0.2) is 0 Å². The summed E-state index contributed by atoms with van der Waals surface area (Å²) in [6, 6.07) is 0. The number of carboxylic acid groups (broad SMARTS) is 2. The van der Waals surface area contributed by atoms with Crippen molar-refractivity contribution in [3.63, 3.8) is 0 Å². The molecule has 4 N–H and O–H groups in total. The predicted molar refractivity (Wildman–Crippen MR) is 68.8 cm³/mol. The largest absolute Gasteiger partial charge is 0.481 e. The summed E-state index contributed by atoms with van der Waals surface area (Å²) in [5, 5.41) is 35.7. The van der Waals surface area contributed by atoms with Gasteiger partial charge in [0.15, 0.2) is 0 Å². The first-order chi connectivity index (χ1) is 8.98. The lowest BCUT2D eigenvalue weighted by Crippen LogP contribution is -2.32. The quantitative estimate of drug-likeness (QED) is 0.399.